The van der Waals surface area contributed by atoms with Crippen molar-refractivity contribution >= 4 is 0 Å². The van der Waals surface area contributed by atoms with Gasteiger partial charge in [0.05, 0.1) is 6.61 Å². The van der Waals surface area contributed by atoms with Crippen molar-refractivity contribution in [1.82, 2.24) is 4.90 Å². The average molecular weight is 172 g/mol. The van der Waals surface area contributed by atoms with E-state index in [1.165, 1.54) is 19.4 Å². The van der Waals surface area contributed by atoms with E-state index >= 15 is 0 Å². The third kappa shape index (κ3) is 3.52. The zero-order valence-electron chi connectivity index (χ0n) is 7.87. The Balaban J connectivity index is 2.14. The average Bonchev–Trinajstić information content (AvgIpc) is 2.86. The van der Waals surface area contributed by atoms with Crippen LogP contribution < -0.4 is 5.73 Å². The Morgan fingerprint density at radius 1 is 1.58 bits per heavy atom. The third-order valence-corrected chi connectivity index (χ3v) is 2.39. The summed E-state index contributed by atoms with van der Waals surface area (Å²) in [6.07, 6.45) is 2.76. The molecule has 1 aliphatic carbocycles. The van der Waals surface area contributed by atoms with Gasteiger partial charge in [0.2, 0.25) is 0 Å². The number of aliphatic hydroxyl groups excluding tert-OH is 1. The molecule has 0 saturated heterocycles. The molecule has 1 fully saturated rings. The lowest BCUT2D eigenvalue weighted by molar-refractivity contribution is 0.202. The van der Waals surface area contributed by atoms with Crippen LogP contribution in [0.1, 0.15) is 19.8 Å². The fourth-order valence-electron chi connectivity index (χ4n) is 1.39. The first-order chi connectivity index (χ1) is 5.76. The fourth-order valence-corrected chi connectivity index (χ4v) is 1.39. The summed E-state index contributed by atoms with van der Waals surface area (Å²) in [5.74, 6) is 0.913. The second-order valence-electron chi connectivity index (χ2n) is 3.74. The number of nitrogens with zero attached hydrogens (tertiary/aromatic N) is 1. The number of rotatable bonds is 6. The van der Waals surface area contributed by atoms with E-state index in [1.54, 1.807) is 0 Å². The molecule has 72 valence electrons. The molecule has 12 heavy (non-hydrogen) atoms. The van der Waals surface area contributed by atoms with Crippen LogP contribution in [0.4, 0.5) is 0 Å². The first-order valence-corrected chi connectivity index (χ1v) is 4.85. The maximum atomic E-state index is 8.78. The molecular formula is C9H20N2O. The SMILES string of the molecule is CCN(CC(N)CO)CC1CC1. The number of nitrogens with two attached hydrogens (primary N) is 1. The Morgan fingerprint density at radius 2 is 2.25 bits per heavy atom. The predicted molar refractivity (Wildman–Crippen MR) is 49.9 cm³/mol. The lowest BCUT2D eigenvalue weighted by Gasteiger charge is -2.22. The van der Waals surface area contributed by atoms with Crippen molar-refractivity contribution in [1.29, 1.82) is 0 Å². The molecule has 3 heteroatoms. The monoisotopic (exact) mass is 172 g/mol. The Kier molecular flexibility index (Phi) is 3.98. The smallest absolute Gasteiger partial charge is 0.0595 e. The minimum Gasteiger partial charge on any atom is -0.395 e. The van der Waals surface area contributed by atoms with Crippen molar-refractivity contribution in [2.75, 3.05) is 26.2 Å². The molecule has 1 aliphatic rings. The molecule has 3 N–H and O–H groups in total. The van der Waals surface area contributed by atoms with Crippen molar-refractivity contribution in [2.24, 2.45) is 11.7 Å². The van der Waals surface area contributed by atoms with Crippen molar-refractivity contribution in [3.05, 3.63) is 0 Å². The van der Waals surface area contributed by atoms with Crippen LogP contribution in [0.5, 0.6) is 0 Å². The summed E-state index contributed by atoms with van der Waals surface area (Å²) in [6, 6.07) is -0.0660. The van der Waals surface area contributed by atoms with Gasteiger partial charge in [-0.1, -0.05) is 6.92 Å². The van der Waals surface area contributed by atoms with Crippen molar-refractivity contribution in [3.63, 3.8) is 0 Å². The van der Waals surface area contributed by atoms with Crippen LogP contribution in [0, 0.1) is 5.92 Å². The molecule has 0 bridgehead atoms. The zero-order valence-corrected chi connectivity index (χ0v) is 7.87. The summed E-state index contributed by atoms with van der Waals surface area (Å²) in [4.78, 5) is 2.33. The lowest BCUT2D eigenvalue weighted by atomic mass is 10.3. The maximum Gasteiger partial charge on any atom is 0.0595 e. The molecule has 0 heterocycles. The van der Waals surface area contributed by atoms with Crippen molar-refractivity contribution in [3.8, 4) is 0 Å². The Bertz CT molecular complexity index is 126. The molecule has 0 aliphatic heterocycles. The van der Waals surface area contributed by atoms with Gasteiger partial charge in [0.25, 0.3) is 0 Å². The number of aliphatic hydroxyl groups is 1. The van der Waals surface area contributed by atoms with Gasteiger partial charge >= 0.3 is 0 Å². The van der Waals surface area contributed by atoms with Crippen LogP contribution in [0.3, 0.4) is 0 Å². The summed E-state index contributed by atoms with van der Waals surface area (Å²) in [6.45, 7) is 5.30. The van der Waals surface area contributed by atoms with E-state index in [-0.39, 0.29) is 12.6 Å². The van der Waals surface area contributed by atoms with Crippen molar-refractivity contribution in [2.45, 2.75) is 25.8 Å². The van der Waals surface area contributed by atoms with E-state index in [2.05, 4.69) is 11.8 Å². The highest BCUT2D eigenvalue weighted by molar-refractivity contribution is 4.78. The standard InChI is InChI=1S/C9H20N2O/c1-2-11(5-8-3-4-8)6-9(10)7-12/h8-9,12H,2-7,10H2,1H3. The zero-order chi connectivity index (χ0) is 8.97. The van der Waals surface area contributed by atoms with Crippen LogP contribution in [0.2, 0.25) is 0 Å². The minimum absolute atomic E-state index is 0.0660. The van der Waals surface area contributed by atoms with Gasteiger partial charge in [-0.2, -0.15) is 0 Å². The van der Waals surface area contributed by atoms with Crippen LogP contribution in [-0.4, -0.2) is 42.3 Å². The highest BCUT2D eigenvalue weighted by atomic mass is 16.3. The Hall–Kier alpha value is -0.120. The molecule has 0 radical (unpaired) electrons. The molecule has 0 spiro atoms. The highest BCUT2D eigenvalue weighted by Gasteiger charge is 2.24. The summed E-state index contributed by atoms with van der Waals surface area (Å²) >= 11 is 0. The van der Waals surface area contributed by atoms with Gasteiger partial charge in [-0.15, -0.1) is 0 Å². The van der Waals surface area contributed by atoms with Crippen LogP contribution in [0.15, 0.2) is 0 Å². The van der Waals surface area contributed by atoms with Gasteiger partial charge < -0.3 is 15.7 Å². The topological polar surface area (TPSA) is 49.5 Å². The van der Waals surface area contributed by atoms with Crippen LogP contribution in [-0.2, 0) is 0 Å². The molecule has 0 aromatic rings. The van der Waals surface area contributed by atoms with Crippen LogP contribution >= 0.6 is 0 Å². The quantitative estimate of drug-likeness (QED) is 0.594. The Morgan fingerprint density at radius 3 is 2.67 bits per heavy atom. The molecule has 0 aromatic carbocycles. The van der Waals surface area contributed by atoms with Gasteiger partial charge in [0, 0.05) is 19.1 Å². The fraction of sp³-hybridized carbons (Fsp3) is 1.00. The van der Waals surface area contributed by atoms with Crippen LogP contribution in [0.25, 0.3) is 0 Å². The molecular weight excluding hydrogens is 152 g/mol. The molecule has 1 atom stereocenters. The first kappa shape index (κ1) is 9.96. The predicted octanol–water partition coefficient (Wildman–Crippen LogP) is 0.0379. The summed E-state index contributed by atoms with van der Waals surface area (Å²) in [7, 11) is 0. The second-order valence-corrected chi connectivity index (χ2v) is 3.74. The highest BCUT2D eigenvalue weighted by Crippen LogP contribution is 2.29. The van der Waals surface area contributed by atoms with Gasteiger partial charge in [0.1, 0.15) is 0 Å². The van der Waals surface area contributed by atoms with Crippen molar-refractivity contribution < 1.29 is 5.11 Å². The second kappa shape index (κ2) is 4.80. The molecule has 1 unspecified atom stereocenters. The number of likely N-dealkylation sites (N-methyl/N-ethyl adjacent to an activating group) is 1. The normalized spacial score (nSPS) is 20.0. The summed E-state index contributed by atoms with van der Waals surface area (Å²) in [5, 5.41) is 8.78. The number of hydrogen-bond acceptors (Lipinski definition) is 3. The van der Waals surface area contributed by atoms with E-state index in [0.717, 1.165) is 19.0 Å². The van der Waals surface area contributed by atoms with E-state index in [9.17, 15) is 0 Å². The van der Waals surface area contributed by atoms with E-state index in [0.29, 0.717) is 0 Å². The van der Waals surface area contributed by atoms with E-state index < -0.39 is 0 Å². The molecule has 1 rings (SSSR count). The van der Waals surface area contributed by atoms with E-state index in [1.807, 2.05) is 0 Å². The molecule has 3 nitrogen and oxygen atoms in total. The molecule has 1 saturated carbocycles. The largest absolute Gasteiger partial charge is 0.395 e. The minimum atomic E-state index is -0.0660. The van der Waals surface area contributed by atoms with Gasteiger partial charge in [-0.05, 0) is 25.3 Å². The first-order valence-electron chi connectivity index (χ1n) is 4.85. The van der Waals surface area contributed by atoms with Gasteiger partial charge in [-0.25, -0.2) is 0 Å². The maximum absolute atomic E-state index is 8.78. The molecule has 0 aromatic heterocycles. The lowest BCUT2D eigenvalue weighted by Crippen LogP contribution is -2.40. The Labute approximate surface area is 74.5 Å². The van der Waals surface area contributed by atoms with Gasteiger partial charge in [0.15, 0.2) is 0 Å². The third-order valence-electron chi connectivity index (χ3n) is 2.39. The molecule has 0 amide bonds. The van der Waals surface area contributed by atoms with Gasteiger partial charge in [-0.3, -0.25) is 0 Å². The summed E-state index contributed by atoms with van der Waals surface area (Å²) in [5.41, 5.74) is 5.65. The number of hydrogen-bond donors (Lipinski definition) is 2. The summed E-state index contributed by atoms with van der Waals surface area (Å²) < 4.78 is 0. The van der Waals surface area contributed by atoms with E-state index in [4.69, 9.17) is 10.8 Å².